The zero-order chi connectivity index (χ0) is 23.0. The smallest absolute Gasteiger partial charge is 0.243 e. The SMILES string of the molecule is CC(C)c1ccc(S(=O)(=O)N2CCc3c(ccnc3Nc3cnc4ccccc4c3)C2)cc1. The van der Waals surface area contributed by atoms with Crippen LogP contribution in [0.25, 0.3) is 10.9 Å². The Kier molecular flexibility index (Phi) is 5.60. The summed E-state index contributed by atoms with van der Waals surface area (Å²) >= 11 is 0. The molecule has 0 fully saturated rings. The summed E-state index contributed by atoms with van der Waals surface area (Å²) in [6, 6.07) is 19.1. The number of benzene rings is 2. The zero-order valence-electron chi connectivity index (χ0n) is 18.7. The van der Waals surface area contributed by atoms with Crippen molar-refractivity contribution in [2.75, 3.05) is 11.9 Å². The second kappa shape index (κ2) is 8.57. The van der Waals surface area contributed by atoms with Crippen LogP contribution in [-0.4, -0.2) is 29.2 Å². The van der Waals surface area contributed by atoms with E-state index >= 15 is 0 Å². The van der Waals surface area contributed by atoms with Crippen LogP contribution in [0.2, 0.25) is 0 Å². The summed E-state index contributed by atoms with van der Waals surface area (Å²) in [5, 5.41) is 4.43. The molecule has 2 aromatic carbocycles. The normalized spacial score (nSPS) is 14.4. The fraction of sp³-hybridized carbons (Fsp3) is 0.231. The largest absolute Gasteiger partial charge is 0.339 e. The highest BCUT2D eigenvalue weighted by Crippen LogP contribution is 2.30. The van der Waals surface area contributed by atoms with Crippen molar-refractivity contribution in [3.8, 4) is 0 Å². The number of hydrogen-bond acceptors (Lipinski definition) is 5. The van der Waals surface area contributed by atoms with E-state index in [9.17, 15) is 8.42 Å². The summed E-state index contributed by atoms with van der Waals surface area (Å²) in [6.07, 6.45) is 4.11. The van der Waals surface area contributed by atoms with Crippen LogP contribution in [0.5, 0.6) is 0 Å². The molecule has 7 heteroatoms. The second-order valence-electron chi connectivity index (χ2n) is 8.65. The molecule has 1 aliphatic rings. The molecule has 0 saturated carbocycles. The van der Waals surface area contributed by atoms with Crippen molar-refractivity contribution < 1.29 is 8.42 Å². The number of rotatable bonds is 5. The summed E-state index contributed by atoms with van der Waals surface area (Å²) in [5.41, 5.74) is 4.94. The van der Waals surface area contributed by atoms with Gasteiger partial charge >= 0.3 is 0 Å². The number of pyridine rings is 2. The highest BCUT2D eigenvalue weighted by atomic mass is 32.2. The fourth-order valence-electron chi connectivity index (χ4n) is 4.23. The third-order valence-electron chi connectivity index (χ3n) is 6.15. The van der Waals surface area contributed by atoms with Crippen LogP contribution in [0.1, 0.15) is 36.5 Å². The van der Waals surface area contributed by atoms with Crippen LogP contribution in [0.3, 0.4) is 0 Å². The first-order chi connectivity index (χ1) is 15.9. The molecule has 2 aromatic heterocycles. The quantitative estimate of drug-likeness (QED) is 0.442. The molecular weight excluding hydrogens is 432 g/mol. The molecule has 0 atom stereocenters. The lowest BCUT2D eigenvalue weighted by Crippen LogP contribution is -2.36. The number of sulfonamides is 1. The van der Waals surface area contributed by atoms with E-state index in [-0.39, 0.29) is 0 Å². The van der Waals surface area contributed by atoms with Gasteiger partial charge in [0, 0.05) is 30.2 Å². The Morgan fingerprint density at radius 3 is 2.58 bits per heavy atom. The van der Waals surface area contributed by atoms with Gasteiger partial charge in [-0.3, -0.25) is 4.98 Å². The van der Waals surface area contributed by atoms with E-state index in [2.05, 4.69) is 29.1 Å². The van der Waals surface area contributed by atoms with E-state index in [4.69, 9.17) is 0 Å². The summed E-state index contributed by atoms with van der Waals surface area (Å²) in [5.74, 6) is 1.11. The predicted octanol–water partition coefficient (Wildman–Crippen LogP) is 5.24. The molecule has 1 N–H and O–H groups in total. The van der Waals surface area contributed by atoms with Gasteiger partial charge in [0.25, 0.3) is 0 Å². The Balaban J connectivity index is 1.39. The first-order valence-electron chi connectivity index (χ1n) is 11.1. The zero-order valence-corrected chi connectivity index (χ0v) is 19.5. The number of nitrogens with zero attached hydrogens (tertiary/aromatic N) is 3. The average Bonchev–Trinajstić information content (AvgIpc) is 2.84. The van der Waals surface area contributed by atoms with Crippen molar-refractivity contribution in [1.82, 2.24) is 14.3 Å². The minimum atomic E-state index is -3.56. The van der Waals surface area contributed by atoms with Crippen molar-refractivity contribution in [2.45, 2.75) is 37.6 Å². The maximum Gasteiger partial charge on any atom is 0.243 e. The summed E-state index contributed by atoms with van der Waals surface area (Å²) < 4.78 is 28.1. The topological polar surface area (TPSA) is 75.2 Å². The molecule has 3 heterocycles. The van der Waals surface area contributed by atoms with Crippen LogP contribution in [0.4, 0.5) is 11.5 Å². The van der Waals surface area contributed by atoms with Crippen molar-refractivity contribution in [3.63, 3.8) is 0 Å². The molecule has 6 nitrogen and oxygen atoms in total. The van der Waals surface area contributed by atoms with Crippen LogP contribution >= 0.6 is 0 Å². The molecule has 5 rings (SSSR count). The van der Waals surface area contributed by atoms with Gasteiger partial charge in [-0.25, -0.2) is 13.4 Å². The molecule has 168 valence electrons. The Labute approximate surface area is 194 Å². The van der Waals surface area contributed by atoms with Crippen LogP contribution in [0.15, 0.2) is 78.0 Å². The van der Waals surface area contributed by atoms with Gasteiger partial charge in [-0.2, -0.15) is 4.31 Å². The number of hydrogen-bond donors (Lipinski definition) is 1. The number of fused-ring (bicyclic) bond motifs is 2. The number of aromatic nitrogens is 2. The third kappa shape index (κ3) is 4.21. The molecule has 4 aromatic rings. The Hall–Kier alpha value is -3.29. The summed E-state index contributed by atoms with van der Waals surface area (Å²) in [6.45, 7) is 4.94. The van der Waals surface area contributed by atoms with Gasteiger partial charge in [0.2, 0.25) is 10.0 Å². The molecule has 1 aliphatic heterocycles. The first-order valence-corrected chi connectivity index (χ1v) is 12.5. The van der Waals surface area contributed by atoms with Crippen molar-refractivity contribution in [1.29, 1.82) is 0 Å². The van der Waals surface area contributed by atoms with Crippen molar-refractivity contribution in [3.05, 3.63) is 89.7 Å². The summed E-state index contributed by atoms with van der Waals surface area (Å²) in [4.78, 5) is 9.38. The number of para-hydroxylation sites is 1. The number of anilines is 2. The molecule has 0 spiro atoms. The monoisotopic (exact) mass is 458 g/mol. The molecular formula is C26H26N4O2S. The van der Waals surface area contributed by atoms with Crippen molar-refractivity contribution >= 4 is 32.4 Å². The van der Waals surface area contributed by atoms with Crippen molar-refractivity contribution in [2.24, 2.45) is 0 Å². The Morgan fingerprint density at radius 1 is 1.00 bits per heavy atom. The van der Waals surface area contributed by atoms with Crippen LogP contribution < -0.4 is 5.32 Å². The van der Waals surface area contributed by atoms with E-state index in [1.807, 2.05) is 48.5 Å². The van der Waals surface area contributed by atoms with E-state index in [1.54, 1.807) is 28.8 Å². The highest BCUT2D eigenvalue weighted by molar-refractivity contribution is 7.89. The Morgan fingerprint density at radius 2 is 1.79 bits per heavy atom. The molecule has 33 heavy (non-hydrogen) atoms. The van der Waals surface area contributed by atoms with Gasteiger partial charge in [0.15, 0.2) is 0 Å². The van der Waals surface area contributed by atoms with Gasteiger partial charge in [-0.15, -0.1) is 0 Å². The average molecular weight is 459 g/mol. The lowest BCUT2D eigenvalue weighted by Gasteiger charge is -2.29. The lowest BCUT2D eigenvalue weighted by atomic mass is 10.0. The molecule has 0 unspecified atom stereocenters. The van der Waals surface area contributed by atoms with E-state index in [0.29, 0.717) is 30.3 Å². The van der Waals surface area contributed by atoms with Gasteiger partial charge < -0.3 is 5.32 Å². The van der Waals surface area contributed by atoms with Gasteiger partial charge in [-0.05, 0) is 53.8 Å². The second-order valence-corrected chi connectivity index (χ2v) is 10.6. The predicted molar refractivity (Wildman–Crippen MR) is 131 cm³/mol. The molecule has 0 radical (unpaired) electrons. The lowest BCUT2D eigenvalue weighted by molar-refractivity contribution is 0.391. The standard InChI is InChI=1S/C26H26N4O2S/c1-18(2)19-7-9-23(10-8-19)33(31,32)30-14-12-24-21(17-30)11-13-27-26(24)29-22-15-20-5-3-4-6-25(20)28-16-22/h3-11,13,15-16,18H,12,14,17H2,1-2H3,(H,27,29). The molecule has 0 aliphatic carbocycles. The molecule has 0 amide bonds. The minimum Gasteiger partial charge on any atom is -0.339 e. The van der Waals surface area contributed by atoms with E-state index in [1.165, 1.54) is 0 Å². The summed E-state index contributed by atoms with van der Waals surface area (Å²) in [7, 11) is -3.56. The highest BCUT2D eigenvalue weighted by Gasteiger charge is 2.29. The van der Waals surface area contributed by atoms with Crippen LogP contribution in [-0.2, 0) is 23.0 Å². The maximum absolute atomic E-state index is 13.3. The van der Waals surface area contributed by atoms with Gasteiger partial charge in [-0.1, -0.05) is 44.2 Å². The van der Waals surface area contributed by atoms with E-state index < -0.39 is 10.0 Å². The van der Waals surface area contributed by atoms with E-state index in [0.717, 1.165) is 39.1 Å². The fourth-order valence-corrected chi connectivity index (χ4v) is 5.65. The van der Waals surface area contributed by atoms with Crippen LogP contribution in [0, 0.1) is 0 Å². The third-order valence-corrected chi connectivity index (χ3v) is 8.01. The molecule has 0 bridgehead atoms. The molecule has 0 saturated heterocycles. The van der Waals surface area contributed by atoms with Gasteiger partial charge in [0.1, 0.15) is 5.82 Å². The maximum atomic E-state index is 13.3. The van der Waals surface area contributed by atoms with Gasteiger partial charge in [0.05, 0.1) is 22.3 Å². The minimum absolute atomic E-state index is 0.330. The first kappa shape index (κ1) is 21.6. The Bertz CT molecular complexity index is 1420. The number of nitrogens with one attached hydrogen (secondary N) is 1.